The summed E-state index contributed by atoms with van der Waals surface area (Å²) in [5, 5.41) is 2.96. The fourth-order valence-electron chi connectivity index (χ4n) is 4.62. The van der Waals surface area contributed by atoms with Crippen LogP contribution in [0, 0.1) is 0 Å². The van der Waals surface area contributed by atoms with E-state index in [2.05, 4.69) is 39.6 Å². The Hall–Kier alpha value is -3.73. The minimum Gasteiger partial charge on any atom is -0.338 e. The molecule has 2 aliphatic rings. The van der Waals surface area contributed by atoms with E-state index >= 15 is 0 Å². The summed E-state index contributed by atoms with van der Waals surface area (Å²) in [5.41, 5.74) is 5.92. The summed E-state index contributed by atoms with van der Waals surface area (Å²) in [5.74, 6) is 1.57. The van der Waals surface area contributed by atoms with Crippen LogP contribution in [-0.4, -0.2) is 20.9 Å². The molecule has 6 rings (SSSR count). The van der Waals surface area contributed by atoms with Gasteiger partial charge in [0.1, 0.15) is 11.6 Å². The van der Waals surface area contributed by atoms with Crippen molar-refractivity contribution >= 4 is 34.9 Å². The Morgan fingerprint density at radius 1 is 0.966 bits per heavy atom. The molecule has 29 heavy (non-hydrogen) atoms. The van der Waals surface area contributed by atoms with Gasteiger partial charge in [-0.25, -0.2) is 9.97 Å². The fraction of sp³-hybridized carbons (Fsp3) is 0.125. The Kier molecular flexibility index (Phi) is 3.29. The van der Waals surface area contributed by atoms with Crippen LogP contribution in [-0.2, 0) is 23.1 Å². The second-order valence-electron chi connectivity index (χ2n) is 7.79. The molecule has 3 heterocycles. The van der Waals surface area contributed by atoms with Gasteiger partial charge in [0.15, 0.2) is 0 Å². The maximum atomic E-state index is 12.8. The van der Waals surface area contributed by atoms with Crippen molar-refractivity contribution in [2.45, 2.75) is 18.3 Å². The van der Waals surface area contributed by atoms with E-state index in [4.69, 9.17) is 4.98 Å². The minimum atomic E-state index is -0.541. The van der Waals surface area contributed by atoms with Crippen molar-refractivity contribution in [1.29, 1.82) is 0 Å². The number of aromatic nitrogens is 3. The molecule has 1 atom stereocenters. The number of imidazole rings is 1. The van der Waals surface area contributed by atoms with Crippen LogP contribution in [0.2, 0.25) is 0 Å². The van der Waals surface area contributed by atoms with Crippen molar-refractivity contribution in [1.82, 2.24) is 15.0 Å². The van der Waals surface area contributed by atoms with Crippen LogP contribution in [0.25, 0.3) is 23.2 Å². The summed E-state index contributed by atoms with van der Waals surface area (Å²) in [6.07, 6.45) is 7.14. The number of amides is 1. The number of hydrogen-bond donors (Lipinski definition) is 2. The molecular formula is C24H18N4O. The molecule has 2 aromatic carbocycles. The first-order chi connectivity index (χ1) is 14.2. The van der Waals surface area contributed by atoms with Crippen LogP contribution in [0.1, 0.15) is 28.1 Å². The maximum Gasteiger partial charge on any atom is 0.237 e. The van der Waals surface area contributed by atoms with E-state index in [-0.39, 0.29) is 5.91 Å². The van der Waals surface area contributed by atoms with Crippen LogP contribution in [0.15, 0.2) is 60.8 Å². The monoisotopic (exact) mass is 378 g/mol. The van der Waals surface area contributed by atoms with Crippen molar-refractivity contribution in [3.8, 4) is 0 Å². The number of aromatic amines is 1. The van der Waals surface area contributed by atoms with Crippen LogP contribution in [0.3, 0.4) is 0 Å². The predicted octanol–water partition coefficient (Wildman–Crippen LogP) is 4.12. The molecule has 1 unspecified atom stereocenters. The first-order valence-corrected chi connectivity index (χ1v) is 9.73. The highest BCUT2D eigenvalue weighted by Gasteiger charge is 2.51. The number of carbonyl (C=O) groups excluding carboxylic acids is 1. The number of carbonyl (C=O) groups is 1. The molecule has 140 valence electrons. The Balaban J connectivity index is 1.36. The normalized spacial score (nSPS) is 16.5. The molecule has 0 saturated heterocycles. The SMILES string of the molecule is O=C1Nc2ncccc2C12Cc1cc3nc(/C=C/c4ccccc4)[nH]c3cc1C2. The Bertz CT molecular complexity index is 1260. The molecule has 0 bridgehead atoms. The first-order valence-electron chi connectivity index (χ1n) is 9.73. The zero-order valence-electron chi connectivity index (χ0n) is 15.6. The minimum absolute atomic E-state index is 0.0468. The summed E-state index contributed by atoms with van der Waals surface area (Å²) in [4.78, 5) is 25.3. The third-order valence-corrected chi connectivity index (χ3v) is 6.03. The molecule has 4 aromatic rings. The Morgan fingerprint density at radius 2 is 1.79 bits per heavy atom. The standard InChI is InChI=1S/C24H18N4O/c29-23-24(18-7-4-10-25-22(18)28-23)13-16-11-19-20(12-17(16)14-24)27-21(26-19)9-8-15-5-2-1-3-6-15/h1-12H,13-14H2,(H,26,27)(H,25,28,29)/b9-8+. The predicted molar refractivity (Wildman–Crippen MR) is 113 cm³/mol. The van der Waals surface area contributed by atoms with Gasteiger partial charge in [-0.1, -0.05) is 42.5 Å². The van der Waals surface area contributed by atoms with Gasteiger partial charge < -0.3 is 10.3 Å². The molecule has 1 amide bonds. The molecule has 1 aliphatic carbocycles. The third-order valence-electron chi connectivity index (χ3n) is 6.03. The maximum absolute atomic E-state index is 12.8. The van der Waals surface area contributed by atoms with Crippen molar-refractivity contribution in [2.75, 3.05) is 5.32 Å². The lowest BCUT2D eigenvalue weighted by atomic mass is 9.79. The smallest absolute Gasteiger partial charge is 0.237 e. The largest absolute Gasteiger partial charge is 0.338 e. The molecule has 1 spiro atoms. The Morgan fingerprint density at radius 3 is 2.66 bits per heavy atom. The number of anilines is 1. The summed E-state index contributed by atoms with van der Waals surface area (Å²) in [7, 11) is 0. The highest BCUT2D eigenvalue weighted by atomic mass is 16.2. The van der Waals surface area contributed by atoms with Crippen molar-refractivity contribution in [3.05, 3.63) is 88.9 Å². The van der Waals surface area contributed by atoms with Crippen LogP contribution in [0.4, 0.5) is 5.82 Å². The van der Waals surface area contributed by atoms with E-state index in [1.165, 1.54) is 11.1 Å². The van der Waals surface area contributed by atoms with E-state index in [1.54, 1.807) is 6.20 Å². The van der Waals surface area contributed by atoms with Gasteiger partial charge in [-0.2, -0.15) is 0 Å². The van der Waals surface area contributed by atoms with Gasteiger partial charge in [0, 0.05) is 11.8 Å². The van der Waals surface area contributed by atoms with Crippen molar-refractivity contribution in [3.63, 3.8) is 0 Å². The quantitative estimate of drug-likeness (QED) is 0.551. The molecule has 0 saturated carbocycles. The number of benzene rings is 2. The highest BCUT2D eigenvalue weighted by Crippen LogP contribution is 2.47. The number of fused-ring (bicyclic) bond motifs is 4. The van der Waals surface area contributed by atoms with Gasteiger partial charge >= 0.3 is 0 Å². The third kappa shape index (κ3) is 2.44. The van der Waals surface area contributed by atoms with Gasteiger partial charge in [-0.05, 0) is 53.8 Å². The number of pyridine rings is 1. The number of nitrogens with one attached hydrogen (secondary N) is 2. The lowest BCUT2D eigenvalue weighted by Crippen LogP contribution is -2.35. The van der Waals surface area contributed by atoms with E-state index < -0.39 is 5.41 Å². The van der Waals surface area contributed by atoms with Crippen molar-refractivity contribution < 1.29 is 4.79 Å². The van der Waals surface area contributed by atoms with Gasteiger partial charge in [0.2, 0.25) is 5.91 Å². The summed E-state index contributed by atoms with van der Waals surface area (Å²) < 4.78 is 0. The number of H-pyrrole nitrogens is 1. The molecular weight excluding hydrogens is 360 g/mol. The van der Waals surface area contributed by atoms with Gasteiger partial charge in [0.25, 0.3) is 0 Å². The van der Waals surface area contributed by atoms with Gasteiger partial charge in [-0.3, -0.25) is 4.79 Å². The molecule has 2 aromatic heterocycles. The average molecular weight is 378 g/mol. The fourth-order valence-corrected chi connectivity index (χ4v) is 4.62. The van der Waals surface area contributed by atoms with Crippen LogP contribution >= 0.6 is 0 Å². The molecule has 5 nitrogen and oxygen atoms in total. The molecule has 0 radical (unpaired) electrons. The van der Waals surface area contributed by atoms with E-state index in [1.807, 2.05) is 42.5 Å². The summed E-state index contributed by atoms with van der Waals surface area (Å²) >= 11 is 0. The zero-order chi connectivity index (χ0) is 19.4. The zero-order valence-corrected chi connectivity index (χ0v) is 15.6. The molecule has 0 fully saturated rings. The van der Waals surface area contributed by atoms with E-state index in [9.17, 15) is 4.79 Å². The summed E-state index contributed by atoms with van der Waals surface area (Å²) in [6, 6.07) is 18.4. The molecule has 5 heteroatoms. The van der Waals surface area contributed by atoms with Crippen molar-refractivity contribution in [2.24, 2.45) is 0 Å². The lowest BCUT2D eigenvalue weighted by Gasteiger charge is -2.20. The lowest BCUT2D eigenvalue weighted by molar-refractivity contribution is -0.120. The second-order valence-corrected chi connectivity index (χ2v) is 7.79. The number of nitrogens with zero attached hydrogens (tertiary/aromatic N) is 2. The second kappa shape index (κ2) is 5.88. The van der Waals surface area contributed by atoms with Crippen LogP contribution in [0.5, 0.6) is 0 Å². The number of hydrogen-bond acceptors (Lipinski definition) is 3. The van der Waals surface area contributed by atoms with Crippen LogP contribution < -0.4 is 5.32 Å². The molecule has 1 aliphatic heterocycles. The van der Waals surface area contributed by atoms with Gasteiger partial charge in [0.05, 0.1) is 16.4 Å². The summed E-state index contributed by atoms with van der Waals surface area (Å²) in [6.45, 7) is 0. The average Bonchev–Trinajstić information content (AvgIpc) is 3.39. The van der Waals surface area contributed by atoms with Gasteiger partial charge in [-0.15, -0.1) is 0 Å². The first kappa shape index (κ1) is 16.2. The molecule has 2 N–H and O–H groups in total. The van der Waals surface area contributed by atoms with E-state index in [0.29, 0.717) is 18.7 Å². The van der Waals surface area contributed by atoms with E-state index in [0.717, 1.165) is 28.0 Å². The highest BCUT2D eigenvalue weighted by molar-refractivity contribution is 6.06. The topological polar surface area (TPSA) is 70.7 Å². The Labute approximate surface area is 167 Å². The number of rotatable bonds is 2.